The standard InChI is InChI=1S/C19H40N2/c1-7-11-20-19-9-8-17(16(4)5)13-18(19)14-21(6)12-10-15(2)3/h15-20H,7-14H2,1-6H3. The van der Waals surface area contributed by atoms with Gasteiger partial charge in [-0.15, -0.1) is 0 Å². The molecule has 3 atom stereocenters. The van der Waals surface area contributed by atoms with E-state index in [0.717, 1.165) is 29.7 Å². The first-order valence-electron chi connectivity index (χ1n) is 9.35. The fraction of sp³-hybridized carbons (Fsp3) is 1.00. The first kappa shape index (κ1) is 19.0. The SMILES string of the molecule is CCCNC1CCC(C(C)C)CC1CN(C)CCC(C)C. The average molecular weight is 297 g/mol. The van der Waals surface area contributed by atoms with E-state index in [4.69, 9.17) is 0 Å². The molecule has 0 amide bonds. The van der Waals surface area contributed by atoms with Gasteiger partial charge < -0.3 is 10.2 Å². The number of rotatable bonds is 9. The van der Waals surface area contributed by atoms with E-state index in [9.17, 15) is 0 Å². The molecule has 2 heteroatoms. The van der Waals surface area contributed by atoms with Gasteiger partial charge in [0.2, 0.25) is 0 Å². The second-order valence-electron chi connectivity index (χ2n) is 8.08. The third-order valence-corrected chi connectivity index (χ3v) is 5.26. The molecular weight excluding hydrogens is 256 g/mol. The summed E-state index contributed by atoms with van der Waals surface area (Å²) < 4.78 is 0. The molecule has 21 heavy (non-hydrogen) atoms. The van der Waals surface area contributed by atoms with E-state index in [1.807, 2.05) is 0 Å². The highest BCUT2D eigenvalue weighted by Gasteiger charge is 2.31. The van der Waals surface area contributed by atoms with Gasteiger partial charge in [-0.25, -0.2) is 0 Å². The summed E-state index contributed by atoms with van der Waals surface area (Å²) in [6.07, 6.45) is 6.80. The van der Waals surface area contributed by atoms with Gasteiger partial charge >= 0.3 is 0 Å². The molecular formula is C19H40N2. The molecule has 0 saturated heterocycles. The molecule has 0 spiro atoms. The summed E-state index contributed by atoms with van der Waals surface area (Å²) in [4.78, 5) is 2.58. The van der Waals surface area contributed by atoms with Crippen molar-refractivity contribution in [2.45, 2.75) is 72.8 Å². The predicted octanol–water partition coefficient (Wildman–Crippen LogP) is 4.40. The van der Waals surface area contributed by atoms with Crippen LogP contribution in [0.5, 0.6) is 0 Å². The summed E-state index contributed by atoms with van der Waals surface area (Å²) >= 11 is 0. The Morgan fingerprint density at radius 3 is 2.43 bits per heavy atom. The molecule has 1 rings (SSSR count). The molecule has 0 aromatic rings. The molecule has 0 heterocycles. The zero-order valence-corrected chi connectivity index (χ0v) is 15.5. The van der Waals surface area contributed by atoms with Gasteiger partial charge in [-0.05, 0) is 75.9 Å². The van der Waals surface area contributed by atoms with Crippen molar-refractivity contribution in [3.63, 3.8) is 0 Å². The van der Waals surface area contributed by atoms with E-state index >= 15 is 0 Å². The lowest BCUT2D eigenvalue weighted by Gasteiger charge is -2.40. The average Bonchev–Trinajstić information content (AvgIpc) is 2.43. The second kappa shape index (κ2) is 9.84. The quantitative estimate of drug-likeness (QED) is 0.678. The van der Waals surface area contributed by atoms with Gasteiger partial charge in [0.25, 0.3) is 0 Å². The van der Waals surface area contributed by atoms with Gasteiger partial charge in [-0.1, -0.05) is 34.6 Å². The molecule has 1 aliphatic rings. The first-order valence-corrected chi connectivity index (χ1v) is 9.35. The highest BCUT2D eigenvalue weighted by molar-refractivity contribution is 4.87. The molecule has 2 nitrogen and oxygen atoms in total. The van der Waals surface area contributed by atoms with E-state index in [2.05, 4.69) is 51.9 Å². The third-order valence-electron chi connectivity index (χ3n) is 5.26. The summed E-state index contributed by atoms with van der Waals surface area (Å²) in [7, 11) is 2.32. The maximum atomic E-state index is 3.82. The fourth-order valence-corrected chi connectivity index (χ4v) is 3.68. The van der Waals surface area contributed by atoms with E-state index in [1.165, 1.54) is 51.7 Å². The van der Waals surface area contributed by atoms with Gasteiger partial charge in [0.05, 0.1) is 0 Å². The van der Waals surface area contributed by atoms with Crippen LogP contribution in [-0.4, -0.2) is 37.6 Å². The van der Waals surface area contributed by atoms with Crippen LogP contribution in [0.4, 0.5) is 0 Å². The molecule has 0 radical (unpaired) electrons. The molecule has 1 saturated carbocycles. The van der Waals surface area contributed by atoms with Gasteiger partial charge in [-0.3, -0.25) is 0 Å². The van der Waals surface area contributed by atoms with Crippen molar-refractivity contribution in [1.82, 2.24) is 10.2 Å². The van der Waals surface area contributed by atoms with Crippen molar-refractivity contribution in [3.05, 3.63) is 0 Å². The fourth-order valence-electron chi connectivity index (χ4n) is 3.68. The lowest BCUT2D eigenvalue weighted by molar-refractivity contribution is 0.130. The van der Waals surface area contributed by atoms with Crippen LogP contribution < -0.4 is 5.32 Å². The van der Waals surface area contributed by atoms with Gasteiger partial charge in [0, 0.05) is 12.6 Å². The maximum absolute atomic E-state index is 3.82. The highest BCUT2D eigenvalue weighted by atomic mass is 15.1. The van der Waals surface area contributed by atoms with Crippen molar-refractivity contribution in [2.75, 3.05) is 26.7 Å². The Kier molecular flexibility index (Phi) is 8.89. The molecule has 1 fully saturated rings. The molecule has 126 valence electrons. The van der Waals surface area contributed by atoms with Crippen molar-refractivity contribution in [3.8, 4) is 0 Å². The summed E-state index contributed by atoms with van der Waals surface area (Å²) in [5.74, 6) is 3.44. The maximum Gasteiger partial charge on any atom is 0.0108 e. The number of nitrogens with one attached hydrogen (secondary N) is 1. The summed E-state index contributed by atoms with van der Waals surface area (Å²) in [5, 5.41) is 3.82. The van der Waals surface area contributed by atoms with Gasteiger partial charge in [-0.2, -0.15) is 0 Å². The number of hydrogen-bond acceptors (Lipinski definition) is 2. The Morgan fingerprint density at radius 2 is 1.86 bits per heavy atom. The van der Waals surface area contributed by atoms with E-state index in [1.54, 1.807) is 0 Å². The zero-order chi connectivity index (χ0) is 15.8. The molecule has 0 aromatic heterocycles. The molecule has 0 aliphatic heterocycles. The largest absolute Gasteiger partial charge is 0.314 e. The zero-order valence-electron chi connectivity index (χ0n) is 15.5. The van der Waals surface area contributed by atoms with E-state index in [0.29, 0.717) is 0 Å². The van der Waals surface area contributed by atoms with Crippen LogP contribution in [0.2, 0.25) is 0 Å². The Morgan fingerprint density at radius 1 is 1.14 bits per heavy atom. The monoisotopic (exact) mass is 296 g/mol. The lowest BCUT2D eigenvalue weighted by atomic mass is 9.73. The molecule has 0 aromatic carbocycles. The van der Waals surface area contributed by atoms with Crippen LogP contribution in [0.1, 0.15) is 66.7 Å². The molecule has 0 bridgehead atoms. The van der Waals surface area contributed by atoms with Crippen LogP contribution in [0.25, 0.3) is 0 Å². The Bertz CT molecular complexity index is 262. The molecule has 3 unspecified atom stereocenters. The Hall–Kier alpha value is -0.0800. The van der Waals surface area contributed by atoms with E-state index in [-0.39, 0.29) is 0 Å². The van der Waals surface area contributed by atoms with Crippen LogP contribution in [0.3, 0.4) is 0 Å². The van der Waals surface area contributed by atoms with Crippen molar-refractivity contribution >= 4 is 0 Å². The highest BCUT2D eigenvalue weighted by Crippen LogP contribution is 2.34. The smallest absolute Gasteiger partial charge is 0.0108 e. The first-order chi connectivity index (χ1) is 9.93. The topological polar surface area (TPSA) is 15.3 Å². The molecule has 1 aliphatic carbocycles. The Balaban J connectivity index is 2.52. The van der Waals surface area contributed by atoms with Crippen molar-refractivity contribution < 1.29 is 0 Å². The second-order valence-corrected chi connectivity index (χ2v) is 8.08. The van der Waals surface area contributed by atoms with Gasteiger partial charge in [0.1, 0.15) is 0 Å². The molecule has 1 N–H and O–H groups in total. The third kappa shape index (κ3) is 7.15. The Labute approximate surface area is 134 Å². The minimum atomic E-state index is 0.751. The van der Waals surface area contributed by atoms with Crippen LogP contribution in [0, 0.1) is 23.7 Å². The van der Waals surface area contributed by atoms with Crippen LogP contribution in [-0.2, 0) is 0 Å². The van der Waals surface area contributed by atoms with Crippen LogP contribution in [0.15, 0.2) is 0 Å². The van der Waals surface area contributed by atoms with Crippen molar-refractivity contribution in [2.24, 2.45) is 23.7 Å². The van der Waals surface area contributed by atoms with Crippen LogP contribution >= 0.6 is 0 Å². The predicted molar refractivity (Wildman–Crippen MR) is 94.7 cm³/mol. The lowest BCUT2D eigenvalue weighted by Crippen LogP contribution is -2.46. The summed E-state index contributed by atoms with van der Waals surface area (Å²) in [6, 6.07) is 0.751. The van der Waals surface area contributed by atoms with Gasteiger partial charge in [0.15, 0.2) is 0 Å². The van der Waals surface area contributed by atoms with Crippen molar-refractivity contribution in [1.29, 1.82) is 0 Å². The normalized spacial score (nSPS) is 27.0. The number of hydrogen-bond donors (Lipinski definition) is 1. The minimum absolute atomic E-state index is 0.751. The summed E-state index contributed by atoms with van der Waals surface area (Å²) in [6.45, 7) is 15.5. The minimum Gasteiger partial charge on any atom is -0.314 e. The number of nitrogens with zero attached hydrogens (tertiary/aromatic N) is 1. The van der Waals surface area contributed by atoms with E-state index < -0.39 is 0 Å². The summed E-state index contributed by atoms with van der Waals surface area (Å²) in [5.41, 5.74) is 0.